The van der Waals surface area contributed by atoms with E-state index < -0.39 is 42.0 Å². The number of aliphatic hydroxyl groups is 1. The standard InChI is InChI=1S/C45H49N3O8/c49-26-34(24-31-14-4-1-5-15-31)46-42(50)25-33-18-8-3-9-23-41(44(52)55-29-35(47-43(33)51)28-54-27-32-16-6-2-7-17-32)48-45(53)56-30-40-38-21-12-10-19-36(38)37-20-11-13-22-39(37)40/h1-8,10-17,19-22,33-35,40-41,49H,9,18,23-30H2,(H,46,50)(H,47,51)(H,48,53)/t33-,34-,35+,41+/m1/s1. The first-order chi connectivity index (χ1) is 27.4. The van der Waals surface area contributed by atoms with Crippen LogP contribution in [0.4, 0.5) is 4.79 Å². The maximum absolute atomic E-state index is 13.7. The maximum atomic E-state index is 13.7. The molecule has 11 nitrogen and oxygen atoms in total. The largest absolute Gasteiger partial charge is 0.462 e. The summed E-state index contributed by atoms with van der Waals surface area (Å²) in [6.45, 7) is -0.0931. The summed E-state index contributed by atoms with van der Waals surface area (Å²) in [5.41, 5.74) is 6.27. The highest BCUT2D eigenvalue weighted by atomic mass is 16.6. The van der Waals surface area contributed by atoms with Crippen LogP contribution in [0.15, 0.2) is 121 Å². The minimum atomic E-state index is -1.01. The molecule has 0 saturated heterocycles. The summed E-state index contributed by atoms with van der Waals surface area (Å²) in [5, 5.41) is 18.5. The average Bonchev–Trinajstić information content (AvgIpc) is 3.54. The van der Waals surface area contributed by atoms with Crippen molar-refractivity contribution in [1.82, 2.24) is 16.0 Å². The van der Waals surface area contributed by atoms with Crippen LogP contribution < -0.4 is 16.0 Å². The molecule has 0 aromatic heterocycles. The van der Waals surface area contributed by atoms with Crippen molar-refractivity contribution >= 4 is 23.9 Å². The van der Waals surface area contributed by atoms with E-state index in [2.05, 4.69) is 28.1 Å². The molecule has 4 aromatic carbocycles. The Morgan fingerprint density at radius 2 is 1.46 bits per heavy atom. The van der Waals surface area contributed by atoms with Crippen LogP contribution in [-0.4, -0.2) is 73.5 Å². The van der Waals surface area contributed by atoms with Crippen LogP contribution in [0.25, 0.3) is 11.1 Å². The fourth-order valence-electron chi connectivity index (χ4n) is 7.15. The van der Waals surface area contributed by atoms with E-state index in [1.54, 1.807) is 6.08 Å². The van der Waals surface area contributed by atoms with Gasteiger partial charge in [-0.2, -0.15) is 0 Å². The number of hydrogen-bond acceptors (Lipinski definition) is 8. The van der Waals surface area contributed by atoms with Gasteiger partial charge in [0.05, 0.1) is 37.8 Å². The van der Waals surface area contributed by atoms with Gasteiger partial charge in [0, 0.05) is 12.3 Å². The van der Waals surface area contributed by atoms with Gasteiger partial charge in [-0.05, 0) is 59.1 Å². The summed E-state index contributed by atoms with van der Waals surface area (Å²) in [4.78, 5) is 53.7. The first-order valence-corrected chi connectivity index (χ1v) is 19.2. The molecule has 1 aliphatic heterocycles. The molecule has 1 aliphatic carbocycles. The molecule has 3 amide bonds. The van der Waals surface area contributed by atoms with Crippen molar-refractivity contribution in [2.75, 3.05) is 26.4 Å². The van der Waals surface area contributed by atoms with Gasteiger partial charge in [0.25, 0.3) is 0 Å². The number of aliphatic hydroxyl groups excluding tert-OH is 1. The van der Waals surface area contributed by atoms with Crippen LogP contribution in [0, 0.1) is 5.92 Å². The lowest BCUT2D eigenvalue weighted by atomic mass is 9.98. The fraction of sp³-hybridized carbons (Fsp3) is 0.333. The third kappa shape index (κ3) is 11.1. The third-order valence-corrected chi connectivity index (χ3v) is 10.0. The van der Waals surface area contributed by atoms with E-state index in [0.717, 1.165) is 33.4 Å². The highest BCUT2D eigenvalue weighted by Crippen LogP contribution is 2.44. The lowest BCUT2D eigenvalue weighted by Crippen LogP contribution is -2.48. The van der Waals surface area contributed by atoms with Crippen molar-refractivity contribution in [3.8, 4) is 11.1 Å². The minimum Gasteiger partial charge on any atom is -0.462 e. The molecule has 4 atom stereocenters. The van der Waals surface area contributed by atoms with Gasteiger partial charge in [0.15, 0.2) is 0 Å². The van der Waals surface area contributed by atoms with Crippen LogP contribution in [0.5, 0.6) is 0 Å². The van der Waals surface area contributed by atoms with Crippen molar-refractivity contribution in [2.45, 2.75) is 62.8 Å². The SMILES string of the molecule is O=C(C[C@H]1CC=CCC[C@H](NC(=O)OCC2c3ccccc3-c3ccccc32)C(=O)OC[C@H](COCc2ccccc2)NC1=O)N[C@@H](CO)Cc1ccccc1. The number of carbonyl (C=O) groups is 4. The topological polar surface area (TPSA) is 152 Å². The van der Waals surface area contributed by atoms with Gasteiger partial charge in [-0.25, -0.2) is 9.59 Å². The number of fused-ring (bicyclic) bond motifs is 3. The van der Waals surface area contributed by atoms with E-state index in [-0.39, 0.29) is 64.1 Å². The van der Waals surface area contributed by atoms with E-state index in [1.807, 2.05) is 103 Å². The Morgan fingerprint density at radius 1 is 0.821 bits per heavy atom. The highest BCUT2D eigenvalue weighted by molar-refractivity contribution is 5.86. The molecule has 0 bridgehead atoms. The number of ether oxygens (including phenoxy) is 3. The number of carbonyl (C=O) groups excluding carboxylic acids is 4. The molecule has 0 unspecified atom stereocenters. The number of hydrogen-bond donors (Lipinski definition) is 4. The molecule has 4 aromatic rings. The molecular weight excluding hydrogens is 711 g/mol. The predicted octanol–water partition coefficient (Wildman–Crippen LogP) is 5.60. The molecule has 0 spiro atoms. The number of benzene rings is 4. The smallest absolute Gasteiger partial charge is 0.407 e. The van der Waals surface area contributed by atoms with E-state index >= 15 is 0 Å². The minimum absolute atomic E-state index is 0.0246. The number of nitrogens with one attached hydrogen (secondary N) is 3. The summed E-state index contributed by atoms with van der Waals surface area (Å²) >= 11 is 0. The lowest BCUT2D eigenvalue weighted by Gasteiger charge is -2.24. The molecule has 0 radical (unpaired) electrons. The third-order valence-electron chi connectivity index (χ3n) is 10.0. The Balaban J connectivity index is 1.10. The lowest BCUT2D eigenvalue weighted by molar-refractivity contribution is -0.148. The van der Waals surface area contributed by atoms with Gasteiger partial charge in [0.2, 0.25) is 11.8 Å². The summed E-state index contributed by atoms with van der Waals surface area (Å²) in [7, 11) is 0. The Kier molecular flexibility index (Phi) is 14.4. The number of cyclic esters (lactones) is 1. The van der Waals surface area contributed by atoms with E-state index in [4.69, 9.17) is 14.2 Å². The number of rotatable bonds is 13. The molecule has 292 valence electrons. The summed E-state index contributed by atoms with van der Waals surface area (Å²) in [5.74, 6) is -2.32. The number of alkyl carbamates (subject to hydrolysis) is 1. The second-order valence-electron chi connectivity index (χ2n) is 14.2. The van der Waals surface area contributed by atoms with Crippen molar-refractivity contribution in [3.05, 3.63) is 144 Å². The van der Waals surface area contributed by atoms with Crippen LogP contribution in [-0.2, 0) is 41.6 Å². The highest BCUT2D eigenvalue weighted by Gasteiger charge is 2.31. The summed E-state index contributed by atoms with van der Waals surface area (Å²) in [6.07, 6.45) is 4.07. The van der Waals surface area contributed by atoms with Crippen molar-refractivity contribution < 1.29 is 38.5 Å². The molecule has 11 heteroatoms. The molecule has 2 aliphatic rings. The second kappa shape index (κ2) is 20.2. The zero-order valence-corrected chi connectivity index (χ0v) is 31.3. The van der Waals surface area contributed by atoms with Gasteiger partial charge < -0.3 is 35.3 Å². The monoisotopic (exact) mass is 759 g/mol. The van der Waals surface area contributed by atoms with E-state index in [1.165, 1.54) is 0 Å². The zero-order valence-electron chi connectivity index (χ0n) is 31.3. The van der Waals surface area contributed by atoms with Crippen LogP contribution in [0.2, 0.25) is 0 Å². The molecular formula is C45H49N3O8. The Labute approximate surface area is 327 Å². The fourth-order valence-corrected chi connectivity index (χ4v) is 7.15. The van der Waals surface area contributed by atoms with Gasteiger partial charge in [-0.1, -0.05) is 121 Å². The van der Waals surface area contributed by atoms with Crippen LogP contribution in [0.1, 0.15) is 53.9 Å². The molecule has 0 fully saturated rings. The van der Waals surface area contributed by atoms with Gasteiger partial charge in [0.1, 0.15) is 19.3 Å². The van der Waals surface area contributed by atoms with Crippen molar-refractivity contribution in [1.29, 1.82) is 0 Å². The first kappa shape index (κ1) is 39.9. The zero-order chi connectivity index (χ0) is 39.1. The maximum Gasteiger partial charge on any atom is 0.407 e. The molecule has 6 rings (SSSR count). The molecule has 0 saturated carbocycles. The summed E-state index contributed by atoms with van der Waals surface area (Å²) in [6, 6.07) is 32.9. The molecule has 4 N–H and O–H groups in total. The predicted molar refractivity (Wildman–Crippen MR) is 211 cm³/mol. The Morgan fingerprint density at radius 3 is 2.14 bits per heavy atom. The van der Waals surface area contributed by atoms with Crippen molar-refractivity contribution in [2.24, 2.45) is 5.92 Å². The van der Waals surface area contributed by atoms with Crippen LogP contribution >= 0.6 is 0 Å². The number of amides is 3. The van der Waals surface area contributed by atoms with Gasteiger partial charge in [-0.15, -0.1) is 0 Å². The average molecular weight is 760 g/mol. The number of esters is 1. The van der Waals surface area contributed by atoms with Crippen molar-refractivity contribution in [3.63, 3.8) is 0 Å². The molecule has 1 heterocycles. The van der Waals surface area contributed by atoms with Gasteiger partial charge in [-0.3, -0.25) is 9.59 Å². The van der Waals surface area contributed by atoms with E-state index in [0.29, 0.717) is 12.8 Å². The normalized spacial score (nSPS) is 19.1. The second-order valence-corrected chi connectivity index (χ2v) is 14.2. The van der Waals surface area contributed by atoms with Gasteiger partial charge >= 0.3 is 12.1 Å². The quantitative estimate of drug-likeness (QED) is 0.102. The van der Waals surface area contributed by atoms with Crippen LogP contribution in [0.3, 0.4) is 0 Å². The molecule has 56 heavy (non-hydrogen) atoms. The summed E-state index contributed by atoms with van der Waals surface area (Å²) < 4.78 is 17.4. The first-order valence-electron chi connectivity index (χ1n) is 19.2. The Bertz CT molecular complexity index is 1910. The van der Waals surface area contributed by atoms with E-state index in [9.17, 15) is 24.3 Å². The number of allylic oxidation sites excluding steroid dienone is 2. The Hall–Kier alpha value is -5.78.